The van der Waals surface area contributed by atoms with Crippen LogP contribution in [0.5, 0.6) is 0 Å². The third-order valence-corrected chi connectivity index (χ3v) is 3.00. The molecule has 0 radical (unpaired) electrons. The van der Waals surface area contributed by atoms with Gasteiger partial charge in [0.25, 0.3) is 0 Å². The summed E-state index contributed by atoms with van der Waals surface area (Å²) in [7, 11) is 0. The van der Waals surface area contributed by atoms with Crippen molar-refractivity contribution in [3.05, 3.63) is 0 Å². The molecule has 0 spiro atoms. The van der Waals surface area contributed by atoms with E-state index in [1.54, 1.807) is 0 Å². The van der Waals surface area contributed by atoms with E-state index in [1.807, 2.05) is 0 Å². The van der Waals surface area contributed by atoms with Gasteiger partial charge in [0.05, 0.1) is 0 Å². The summed E-state index contributed by atoms with van der Waals surface area (Å²) in [5, 5.41) is 4.02. The Morgan fingerprint density at radius 3 is 2.43 bits per heavy atom. The lowest BCUT2D eigenvalue weighted by molar-refractivity contribution is -0.122. The lowest BCUT2D eigenvalue weighted by Crippen LogP contribution is -2.35. The highest BCUT2D eigenvalue weighted by Crippen LogP contribution is 2.07. The number of halogens is 1. The van der Waals surface area contributed by atoms with Crippen LogP contribution in [-0.2, 0) is 4.79 Å². The van der Waals surface area contributed by atoms with Crippen LogP contribution in [0.4, 0.5) is 0 Å². The van der Waals surface area contributed by atoms with Crippen LogP contribution in [0.15, 0.2) is 0 Å². The van der Waals surface area contributed by atoms with Gasteiger partial charge in [0.1, 0.15) is 0 Å². The Labute approximate surface area is 96.0 Å². The molecule has 2 nitrogen and oxygen atoms in total. The highest BCUT2D eigenvalue weighted by molar-refractivity contribution is 9.09. The van der Waals surface area contributed by atoms with Crippen molar-refractivity contribution < 1.29 is 4.79 Å². The molecule has 0 rings (SSSR count). The van der Waals surface area contributed by atoms with E-state index in [4.69, 9.17) is 0 Å². The van der Waals surface area contributed by atoms with Gasteiger partial charge in [0, 0.05) is 17.8 Å². The Hall–Kier alpha value is -0.0500. The lowest BCUT2D eigenvalue weighted by atomic mass is 10.0. The van der Waals surface area contributed by atoms with Crippen molar-refractivity contribution in [2.24, 2.45) is 5.92 Å². The smallest absolute Gasteiger partial charge is 0.220 e. The molecule has 0 aromatic rings. The maximum Gasteiger partial charge on any atom is 0.220 e. The summed E-state index contributed by atoms with van der Waals surface area (Å²) in [5.74, 6) is 0.698. The average molecular weight is 264 g/mol. The van der Waals surface area contributed by atoms with Crippen LogP contribution in [0.2, 0.25) is 0 Å². The van der Waals surface area contributed by atoms with Crippen molar-refractivity contribution >= 4 is 21.8 Å². The lowest BCUT2D eigenvalue weighted by Gasteiger charge is -2.17. The normalized spacial score (nSPS) is 14.9. The first-order valence-electron chi connectivity index (χ1n) is 5.49. The predicted molar refractivity (Wildman–Crippen MR) is 64.7 cm³/mol. The molecule has 0 bridgehead atoms. The van der Waals surface area contributed by atoms with Crippen LogP contribution < -0.4 is 5.32 Å². The molecule has 0 aromatic heterocycles. The molecule has 0 aliphatic carbocycles. The molecular weight excluding hydrogens is 242 g/mol. The van der Waals surface area contributed by atoms with Gasteiger partial charge in [0.15, 0.2) is 0 Å². The van der Waals surface area contributed by atoms with Gasteiger partial charge >= 0.3 is 0 Å². The number of hydrogen-bond donors (Lipinski definition) is 1. The molecule has 0 aliphatic rings. The molecule has 0 heterocycles. The van der Waals surface area contributed by atoms with Gasteiger partial charge < -0.3 is 5.32 Å². The van der Waals surface area contributed by atoms with Crippen molar-refractivity contribution in [2.45, 2.75) is 52.5 Å². The van der Waals surface area contributed by atoms with E-state index >= 15 is 0 Å². The molecule has 0 saturated heterocycles. The summed E-state index contributed by atoms with van der Waals surface area (Å²) in [4.78, 5) is 11.5. The first kappa shape index (κ1) is 13.9. The molecule has 1 amide bonds. The van der Waals surface area contributed by atoms with Gasteiger partial charge in [-0.1, -0.05) is 43.1 Å². The number of amides is 1. The van der Waals surface area contributed by atoms with E-state index < -0.39 is 0 Å². The average Bonchev–Trinajstić information content (AvgIpc) is 2.16. The van der Waals surface area contributed by atoms with Gasteiger partial charge in [-0.3, -0.25) is 4.79 Å². The number of rotatable bonds is 7. The highest BCUT2D eigenvalue weighted by Gasteiger charge is 2.11. The van der Waals surface area contributed by atoms with Gasteiger partial charge in [-0.15, -0.1) is 0 Å². The molecule has 0 fully saturated rings. The van der Waals surface area contributed by atoms with E-state index in [9.17, 15) is 4.79 Å². The van der Waals surface area contributed by atoms with Crippen molar-refractivity contribution in [3.8, 4) is 0 Å². The second-order valence-corrected chi connectivity index (χ2v) is 4.66. The molecule has 84 valence electrons. The molecule has 2 atom stereocenters. The fourth-order valence-electron chi connectivity index (χ4n) is 1.26. The Morgan fingerprint density at radius 2 is 2.00 bits per heavy atom. The number of nitrogens with one attached hydrogen (secondary N) is 1. The number of carbonyl (C=O) groups excluding carboxylic acids is 1. The summed E-state index contributed by atoms with van der Waals surface area (Å²) in [6.45, 7) is 6.34. The fourth-order valence-corrected chi connectivity index (χ4v) is 1.81. The minimum atomic E-state index is 0.201. The number of alkyl halides is 1. The van der Waals surface area contributed by atoms with Gasteiger partial charge in [-0.2, -0.15) is 0 Å². The summed E-state index contributed by atoms with van der Waals surface area (Å²) in [6, 6.07) is 0.339. The predicted octanol–water partition coefficient (Wildman–Crippen LogP) is 3.10. The van der Waals surface area contributed by atoms with Crippen LogP contribution in [0.25, 0.3) is 0 Å². The topological polar surface area (TPSA) is 29.1 Å². The van der Waals surface area contributed by atoms with Crippen LogP contribution in [0, 0.1) is 5.92 Å². The van der Waals surface area contributed by atoms with E-state index in [-0.39, 0.29) is 5.91 Å². The largest absolute Gasteiger partial charge is 0.353 e. The van der Waals surface area contributed by atoms with Crippen molar-refractivity contribution in [1.82, 2.24) is 5.32 Å². The number of hydrogen-bond acceptors (Lipinski definition) is 1. The molecule has 2 unspecified atom stereocenters. The van der Waals surface area contributed by atoms with Crippen molar-refractivity contribution in [2.75, 3.05) is 5.33 Å². The zero-order chi connectivity index (χ0) is 11.0. The monoisotopic (exact) mass is 263 g/mol. The number of carbonyl (C=O) groups is 1. The van der Waals surface area contributed by atoms with E-state index in [0.717, 1.165) is 24.6 Å². The van der Waals surface area contributed by atoms with Crippen LogP contribution in [0.1, 0.15) is 46.5 Å². The quantitative estimate of drug-likeness (QED) is 0.703. The SMILES string of the molecule is CCC(C)CC(=O)NC(CC)CCBr. The molecular formula is C11H22BrNO. The highest BCUT2D eigenvalue weighted by atomic mass is 79.9. The van der Waals surface area contributed by atoms with Crippen molar-refractivity contribution in [1.29, 1.82) is 0 Å². The molecule has 14 heavy (non-hydrogen) atoms. The van der Waals surface area contributed by atoms with Gasteiger partial charge in [-0.25, -0.2) is 0 Å². The Bertz CT molecular complexity index is 161. The summed E-state index contributed by atoms with van der Waals surface area (Å²) in [5.41, 5.74) is 0. The Morgan fingerprint density at radius 1 is 1.36 bits per heavy atom. The fraction of sp³-hybridized carbons (Fsp3) is 0.909. The molecule has 0 saturated carbocycles. The summed E-state index contributed by atoms with van der Waals surface area (Å²) >= 11 is 3.39. The van der Waals surface area contributed by atoms with Gasteiger partial charge in [-0.05, 0) is 18.8 Å². The minimum absolute atomic E-state index is 0.201. The Kier molecular flexibility index (Phi) is 8.24. The zero-order valence-electron chi connectivity index (χ0n) is 9.48. The van der Waals surface area contributed by atoms with Crippen molar-refractivity contribution in [3.63, 3.8) is 0 Å². The van der Waals surface area contributed by atoms with Gasteiger partial charge in [0.2, 0.25) is 5.91 Å². The van der Waals surface area contributed by atoms with E-state index in [2.05, 4.69) is 42.0 Å². The first-order chi connectivity index (χ1) is 6.63. The standard InChI is InChI=1S/C11H22BrNO/c1-4-9(3)8-11(14)13-10(5-2)6-7-12/h9-10H,4-8H2,1-3H3,(H,13,14). The summed E-state index contributed by atoms with van der Waals surface area (Å²) < 4.78 is 0. The third kappa shape index (κ3) is 6.41. The van der Waals surface area contributed by atoms with Crippen LogP contribution in [0.3, 0.4) is 0 Å². The maximum atomic E-state index is 11.5. The second kappa shape index (κ2) is 8.27. The van der Waals surface area contributed by atoms with Crippen LogP contribution >= 0.6 is 15.9 Å². The van der Waals surface area contributed by atoms with E-state index in [0.29, 0.717) is 18.4 Å². The molecule has 1 N–H and O–H groups in total. The van der Waals surface area contributed by atoms with Crippen LogP contribution in [-0.4, -0.2) is 17.3 Å². The molecule has 3 heteroatoms. The molecule has 0 aromatic carbocycles. The Balaban J connectivity index is 3.78. The third-order valence-electron chi connectivity index (χ3n) is 2.55. The summed E-state index contributed by atoms with van der Waals surface area (Å²) in [6.07, 6.45) is 3.76. The maximum absolute atomic E-state index is 11.5. The zero-order valence-corrected chi connectivity index (χ0v) is 11.1. The second-order valence-electron chi connectivity index (χ2n) is 3.87. The van der Waals surface area contributed by atoms with E-state index in [1.165, 1.54) is 0 Å². The molecule has 0 aliphatic heterocycles. The first-order valence-corrected chi connectivity index (χ1v) is 6.61. The minimum Gasteiger partial charge on any atom is -0.353 e.